The average molecular weight is 561 g/mol. The summed E-state index contributed by atoms with van der Waals surface area (Å²) >= 11 is 0. The first-order valence-electron chi connectivity index (χ1n) is 13.7. The van der Waals surface area contributed by atoms with E-state index in [-0.39, 0.29) is 17.1 Å². The number of H-pyrrole nitrogens is 1. The maximum absolute atomic E-state index is 13.2. The van der Waals surface area contributed by atoms with Gasteiger partial charge in [0.25, 0.3) is 17.4 Å². The summed E-state index contributed by atoms with van der Waals surface area (Å²) in [4.78, 5) is 28.6. The second-order valence-corrected chi connectivity index (χ2v) is 10.1. The van der Waals surface area contributed by atoms with Crippen molar-refractivity contribution in [3.8, 4) is 17.2 Å². The van der Waals surface area contributed by atoms with Crippen LogP contribution >= 0.6 is 0 Å². The molecular weight excluding hydrogens is 528 g/mol. The predicted octanol–water partition coefficient (Wildman–Crippen LogP) is 1.80. The van der Waals surface area contributed by atoms with Gasteiger partial charge in [-0.05, 0) is 61.0 Å². The molecule has 0 unspecified atom stereocenters. The van der Waals surface area contributed by atoms with Crippen LogP contribution in [0.15, 0.2) is 47.3 Å². The maximum Gasteiger partial charge on any atom is 0.270 e. The zero-order valence-electron chi connectivity index (χ0n) is 22.8. The molecule has 13 nitrogen and oxygen atoms in total. The van der Waals surface area contributed by atoms with Gasteiger partial charge in [0.1, 0.15) is 19.0 Å². The molecule has 6 rings (SSSR count). The number of hydrogen-bond donors (Lipinski definition) is 3. The fourth-order valence-electron chi connectivity index (χ4n) is 5.35. The molecule has 0 aliphatic carbocycles. The third kappa shape index (κ3) is 6.00. The molecule has 1 amide bonds. The fourth-order valence-corrected chi connectivity index (χ4v) is 5.35. The number of nitrogens with one attached hydrogen (secondary N) is 3. The van der Waals surface area contributed by atoms with Crippen LogP contribution in [-0.2, 0) is 13.1 Å². The molecule has 4 heterocycles. The highest BCUT2D eigenvalue weighted by Gasteiger charge is 2.21. The number of fused-ring (bicyclic) bond motifs is 2. The van der Waals surface area contributed by atoms with Crippen molar-refractivity contribution in [3.05, 3.63) is 63.9 Å². The van der Waals surface area contributed by atoms with Gasteiger partial charge in [-0.15, -0.1) is 5.10 Å². The van der Waals surface area contributed by atoms with E-state index in [9.17, 15) is 9.59 Å². The van der Waals surface area contributed by atoms with Crippen LogP contribution in [0, 0.1) is 0 Å². The lowest BCUT2D eigenvalue weighted by Gasteiger charge is -2.32. The van der Waals surface area contributed by atoms with Crippen molar-refractivity contribution in [2.45, 2.75) is 32.0 Å². The van der Waals surface area contributed by atoms with Crippen LogP contribution in [-0.4, -0.2) is 82.0 Å². The first kappa shape index (κ1) is 26.7. The molecule has 0 radical (unpaired) electrons. The highest BCUT2D eigenvalue weighted by atomic mass is 16.6. The normalized spacial score (nSPS) is 15.6. The van der Waals surface area contributed by atoms with Gasteiger partial charge in [-0.2, -0.15) is 5.21 Å². The lowest BCUT2D eigenvalue weighted by Crippen LogP contribution is -2.43. The molecule has 0 bridgehead atoms. The number of anilines is 1. The molecule has 4 aromatic rings. The Kier molecular flexibility index (Phi) is 7.78. The summed E-state index contributed by atoms with van der Waals surface area (Å²) in [5, 5.41) is 20.1. The Balaban J connectivity index is 1.09. The quantitative estimate of drug-likeness (QED) is 0.277. The average Bonchev–Trinajstić information content (AvgIpc) is 3.52. The molecule has 0 saturated carbocycles. The Hall–Kier alpha value is -4.49. The number of aromatic amines is 1. The van der Waals surface area contributed by atoms with Gasteiger partial charge in [0.15, 0.2) is 11.5 Å². The number of methoxy groups -OCH3 is 1. The number of rotatable bonds is 9. The van der Waals surface area contributed by atoms with E-state index in [0.29, 0.717) is 42.5 Å². The second kappa shape index (κ2) is 11.9. The van der Waals surface area contributed by atoms with E-state index >= 15 is 0 Å². The minimum atomic E-state index is -0.489. The van der Waals surface area contributed by atoms with Gasteiger partial charge in [0.2, 0.25) is 0 Å². The maximum atomic E-state index is 13.2. The molecule has 214 valence electrons. The van der Waals surface area contributed by atoms with Crippen LogP contribution < -0.4 is 30.4 Å². The van der Waals surface area contributed by atoms with Crippen LogP contribution in [0.2, 0.25) is 0 Å². The second-order valence-electron chi connectivity index (χ2n) is 10.1. The van der Waals surface area contributed by atoms with Gasteiger partial charge in [-0.25, -0.2) is 0 Å². The summed E-state index contributed by atoms with van der Waals surface area (Å²) in [6.07, 6.45) is 2.03. The number of likely N-dealkylation sites (tertiary alicyclic amines) is 1. The first-order chi connectivity index (χ1) is 20.1. The summed E-state index contributed by atoms with van der Waals surface area (Å²) in [5.74, 6) is 1.76. The van der Waals surface area contributed by atoms with E-state index in [4.69, 9.17) is 14.2 Å². The molecular formula is C28H32N8O5. The monoisotopic (exact) mass is 560 g/mol. The third-order valence-electron chi connectivity index (χ3n) is 7.56. The number of carbonyl (C=O) groups is 1. The smallest absolute Gasteiger partial charge is 0.270 e. The Morgan fingerprint density at radius 1 is 1.07 bits per heavy atom. The number of piperidine rings is 1. The highest BCUT2D eigenvalue weighted by Crippen LogP contribution is 2.31. The zero-order chi connectivity index (χ0) is 28.2. The molecule has 13 heteroatoms. The third-order valence-corrected chi connectivity index (χ3v) is 7.56. The van der Waals surface area contributed by atoms with Gasteiger partial charge >= 0.3 is 0 Å². The van der Waals surface area contributed by atoms with Crippen LogP contribution in [0.4, 0.5) is 5.95 Å². The van der Waals surface area contributed by atoms with E-state index in [1.807, 2.05) is 12.1 Å². The summed E-state index contributed by atoms with van der Waals surface area (Å²) in [6, 6.07) is 13.2. The van der Waals surface area contributed by atoms with Crippen LogP contribution in [0.5, 0.6) is 17.2 Å². The topological polar surface area (TPSA) is 149 Å². The molecule has 41 heavy (non-hydrogen) atoms. The Labute approximate surface area is 235 Å². The Bertz CT molecular complexity index is 1580. The van der Waals surface area contributed by atoms with Crippen LogP contribution in [0.25, 0.3) is 10.9 Å². The van der Waals surface area contributed by atoms with Crippen molar-refractivity contribution >= 4 is 22.8 Å². The van der Waals surface area contributed by atoms with Crippen molar-refractivity contribution in [1.82, 2.24) is 35.4 Å². The summed E-state index contributed by atoms with van der Waals surface area (Å²) in [7, 11) is 1.57. The van der Waals surface area contributed by atoms with Gasteiger partial charge in [-0.3, -0.25) is 14.9 Å². The van der Waals surface area contributed by atoms with Gasteiger partial charge in [0, 0.05) is 43.2 Å². The molecule has 0 spiro atoms. The van der Waals surface area contributed by atoms with Crippen molar-refractivity contribution < 1.29 is 19.0 Å². The summed E-state index contributed by atoms with van der Waals surface area (Å²) in [6.45, 7) is 5.02. The Morgan fingerprint density at radius 3 is 2.68 bits per heavy atom. The van der Waals surface area contributed by atoms with Gasteiger partial charge in [-0.1, -0.05) is 11.2 Å². The number of tetrazole rings is 1. The molecule has 0 atom stereocenters. The Morgan fingerprint density at radius 2 is 1.90 bits per heavy atom. The zero-order valence-corrected chi connectivity index (χ0v) is 22.8. The minimum absolute atomic E-state index is 0.0324. The molecule has 2 aliphatic rings. The van der Waals surface area contributed by atoms with Crippen molar-refractivity contribution in [2.75, 3.05) is 45.3 Å². The van der Waals surface area contributed by atoms with E-state index in [1.54, 1.807) is 29.9 Å². The summed E-state index contributed by atoms with van der Waals surface area (Å²) in [5.41, 5.74) is 1.78. The van der Waals surface area contributed by atoms with E-state index in [0.717, 1.165) is 50.5 Å². The molecule has 2 aromatic carbocycles. The van der Waals surface area contributed by atoms with E-state index < -0.39 is 5.91 Å². The van der Waals surface area contributed by atoms with E-state index in [1.165, 1.54) is 11.6 Å². The fraction of sp³-hybridized carbons (Fsp3) is 0.393. The number of nitrogens with zero attached hydrogens (tertiary/aromatic N) is 5. The van der Waals surface area contributed by atoms with Crippen LogP contribution in [0.1, 0.15) is 28.8 Å². The minimum Gasteiger partial charge on any atom is -0.497 e. The number of carbonyl (C=O) groups excluding carboxylic acids is 1. The first-order valence-corrected chi connectivity index (χ1v) is 13.7. The number of amides is 1. The number of pyridine rings is 1. The number of ether oxygens (including phenoxy) is 3. The lowest BCUT2D eigenvalue weighted by molar-refractivity contribution is 0.102. The van der Waals surface area contributed by atoms with Gasteiger partial charge < -0.3 is 29.0 Å². The highest BCUT2D eigenvalue weighted by molar-refractivity contribution is 6.11. The van der Waals surface area contributed by atoms with E-state index in [2.05, 4.69) is 42.2 Å². The predicted molar refractivity (Wildman–Crippen MR) is 151 cm³/mol. The van der Waals surface area contributed by atoms with Gasteiger partial charge in [0.05, 0.1) is 18.2 Å². The number of benzene rings is 2. The van der Waals surface area contributed by atoms with Crippen molar-refractivity contribution in [1.29, 1.82) is 0 Å². The molecule has 3 N–H and O–H groups in total. The SMILES string of the molecule is COc1ccc2c(C(=O)Nc3nn[nH]n3)cc(=O)n(CCN3CCC(NCc4ccc5c(c4)OCCO5)CC3)c2c1. The van der Waals surface area contributed by atoms with Crippen molar-refractivity contribution in [3.63, 3.8) is 0 Å². The number of aromatic nitrogens is 5. The number of hydrogen-bond acceptors (Lipinski definition) is 10. The van der Waals surface area contributed by atoms with Crippen LogP contribution in [0.3, 0.4) is 0 Å². The summed E-state index contributed by atoms with van der Waals surface area (Å²) < 4.78 is 18.4. The standard InChI is InChI=1S/C28H32N8O5/c1-39-20-3-4-21-22(27(38)30-28-31-33-34-32-28)16-26(37)36(23(21)15-20)11-10-35-8-6-19(7-9-35)29-17-18-2-5-24-25(14-18)41-13-12-40-24/h2-5,14-16,19,29H,6-13,17H2,1H3,(H2,30,31,32,33,34,38). The molecule has 1 fully saturated rings. The molecule has 1 saturated heterocycles. The molecule has 2 aromatic heterocycles. The largest absolute Gasteiger partial charge is 0.497 e. The lowest BCUT2D eigenvalue weighted by atomic mass is 10.0. The molecule has 2 aliphatic heterocycles. The van der Waals surface area contributed by atoms with Crippen molar-refractivity contribution in [2.24, 2.45) is 0 Å².